The molecule has 0 N–H and O–H groups in total. The number of ketones is 1. The Morgan fingerprint density at radius 2 is 1.85 bits per heavy atom. The van der Waals surface area contributed by atoms with E-state index in [1.54, 1.807) is 18.2 Å². The van der Waals surface area contributed by atoms with Gasteiger partial charge in [0.05, 0.1) is 12.1 Å². The molecule has 2 aromatic heterocycles. The number of para-hydroxylation sites is 1. The third kappa shape index (κ3) is 3.15. The molecule has 33 heavy (non-hydrogen) atoms. The summed E-state index contributed by atoms with van der Waals surface area (Å²) in [5, 5.41) is 5.22. The zero-order chi connectivity index (χ0) is 22.5. The lowest BCUT2D eigenvalue weighted by Gasteiger charge is -2.10. The molecule has 0 atom stereocenters. The number of hydrogen-bond donors (Lipinski definition) is 0. The average Bonchev–Trinajstić information content (AvgIpc) is 3.49. The molecule has 3 aromatic carbocycles. The van der Waals surface area contributed by atoms with Gasteiger partial charge in [-0.25, -0.2) is 9.78 Å². The molecule has 0 bridgehead atoms. The van der Waals surface area contributed by atoms with E-state index in [-0.39, 0.29) is 19.1 Å². The van der Waals surface area contributed by atoms with Gasteiger partial charge >= 0.3 is 5.69 Å². The van der Waals surface area contributed by atoms with Crippen LogP contribution in [-0.4, -0.2) is 31.7 Å². The van der Waals surface area contributed by atoms with Crippen molar-refractivity contribution < 1.29 is 14.3 Å². The molecule has 6 rings (SSSR count). The first kappa shape index (κ1) is 19.2. The van der Waals surface area contributed by atoms with Crippen LogP contribution >= 0.6 is 0 Å². The van der Waals surface area contributed by atoms with E-state index < -0.39 is 5.69 Å². The van der Waals surface area contributed by atoms with Crippen molar-refractivity contribution in [3.63, 3.8) is 0 Å². The zero-order valence-corrected chi connectivity index (χ0v) is 17.7. The van der Waals surface area contributed by atoms with Gasteiger partial charge in [0.15, 0.2) is 28.8 Å². The number of ether oxygens (including phenoxy) is 2. The van der Waals surface area contributed by atoms with Gasteiger partial charge in [-0.2, -0.15) is 4.52 Å². The van der Waals surface area contributed by atoms with Crippen molar-refractivity contribution in [2.75, 3.05) is 6.79 Å². The van der Waals surface area contributed by atoms with E-state index in [0.717, 1.165) is 16.5 Å². The normalized spacial score (nSPS) is 12.5. The van der Waals surface area contributed by atoms with Gasteiger partial charge in [0.1, 0.15) is 0 Å². The molecule has 0 saturated heterocycles. The van der Waals surface area contributed by atoms with E-state index in [1.807, 2.05) is 55.5 Å². The predicted molar refractivity (Wildman–Crippen MR) is 122 cm³/mol. The van der Waals surface area contributed by atoms with E-state index in [0.29, 0.717) is 34.1 Å². The molecule has 0 unspecified atom stereocenters. The first-order valence-corrected chi connectivity index (χ1v) is 10.5. The number of carbonyl (C=O) groups is 1. The third-order valence-electron chi connectivity index (χ3n) is 5.73. The number of hydrogen-bond acceptors (Lipinski definition) is 6. The van der Waals surface area contributed by atoms with Gasteiger partial charge in [-0.1, -0.05) is 35.9 Å². The Labute approximate surface area is 187 Å². The zero-order valence-electron chi connectivity index (χ0n) is 17.7. The minimum atomic E-state index is -0.427. The van der Waals surface area contributed by atoms with Crippen LogP contribution in [0.3, 0.4) is 0 Å². The third-order valence-corrected chi connectivity index (χ3v) is 5.73. The Balaban J connectivity index is 1.49. The largest absolute Gasteiger partial charge is 0.454 e. The highest BCUT2D eigenvalue weighted by molar-refractivity contribution is 5.98. The van der Waals surface area contributed by atoms with E-state index in [4.69, 9.17) is 9.47 Å². The van der Waals surface area contributed by atoms with E-state index >= 15 is 0 Å². The SMILES string of the molecule is Cc1cccc(-c2nc3c4ccccc4n(CC(=O)c4ccc5c(c4)OCO5)c(=O)n3n2)c1. The molecule has 8 heteroatoms. The first-order valence-electron chi connectivity index (χ1n) is 10.5. The smallest absolute Gasteiger partial charge is 0.351 e. The molecule has 8 nitrogen and oxygen atoms in total. The van der Waals surface area contributed by atoms with Crippen molar-refractivity contribution in [3.8, 4) is 22.9 Å². The van der Waals surface area contributed by atoms with Gasteiger partial charge < -0.3 is 9.47 Å². The maximum atomic E-state index is 13.4. The van der Waals surface area contributed by atoms with Crippen molar-refractivity contribution in [2.45, 2.75) is 13.5 Å². The topological polar surface area (TPSA) is 87.7 Å². The Kier molecular flexibility index (Phi) is 4.26. The Morgan fingerprint density at radius 3 is 2.73 bits per heavy atom. The van der Waals surface area contributed by atoms with Crippen LogP contribution < -0.4 is 15.2 Å². The molecule has 5 aromatic rings. The summed E-state index contributed by atoms with van der Waals surface area (Å²) in [4.78, 5) is 31.2. The molecule has 0 aliphatic carbocycles. The van der Waals surface area contributed by atoms with Crippen molar-refractivity contribution in [1.82, 2.24) is 19.2 Å². The van der Waals surface area contributed by atoms with E-state index in [1.165, 1.54) is 9.08 Å². The van der Waals surface area contributed by atoms with Crippen LogP contribution in [0.2, 0.25) is 0 Å². The monoisotopic (exact) mass is 438 g/mol. The second-order valence-corrected chi connectivity index (χ2v) is 7.92. The molecule has 1 aliphatic heterocycles. The number of Topliss-reactive ketones (excluding diaryl/α,β-unsaturated/α-hetero) is 1. The summed E-state index contributed by atoms with van der Waals surface area (Å²) in [5.74, 6) is 1.36. The standard InChI is InChI=1S/C25H18N4O4/c1-15-5-4-6-17(11-15)23-26-24-18-7-2-3-8-19(18)28(25(31)29(24)27-23)13-20(30)16-9-10-21-22(12-16)33-14-32-21/h2-12H,13-14H2,1H3. The van der Waals surface area contributed by atoms with Crippen LogP contribution in [-0.2, 0) is 6.54 Å². The maximum Gasteiger partial charge on any atom is 0.351 e. The van der Waals surface area contributed by atoms with Crippen LogP contribution in [0.15, 0.2) is 71.5 Å². The van der Waals surface area contributed by atoms with Crippen LogP contribution in [0.25, 0.3) is 27.9 Å². The van der Waals surface area contributed by atoms with Crippen molar-refractivity contribution >= 4 is 22.3 Å². The molecular formula is C25H18N4O4. The summed E-state index contributed by atoms with van der Waals surface area (Å²) < 4.78 is 13.4. The Morgan fingerprint density at radius 1 is 1.00 bits per heavy atom. The quantitative estimate of drug-likeness (QED) is 0.398. The van der Waals surface area contributed by atoms with Crippen LogP contribution in [0.5, 0.6) is 11.5 Å². The van der Waals surface area contributed by atoms with Gasteiger partial charge in [-0.15, -0.1) is 5.10 Å². The number of benzene rings is 3. The lowest BCUT2D eigenvalue weighted by Crippen LogP contribution is -2.30. The number of rotatable bonds is 4. The second kappa shape index (κ2) is 7.30. The Hall–Kier alpha value is -4.46. The lowest BCUT2D eigenvalue weighted by atomic mass is 10.1. The summed E-state index contributed by atoms with van der Waals surface area (Å²) in [6, 6.07) is 20.2. The van der Waals surface area contributed by atoms with Crippen LogP contribution in [0.4, 0.5) is 0 Å². The summed E-state index contributed by atoms with van der Waals surface area (Å²) in [6.07, 6.45) is 0. The van der Waals surface area contributed by atoms with Gasteiger partial charge in [0.2, 0.25) is 6.79 Å². The van der Waals surface area contributed by atoms with Gasteiger partial charge in [-0.05, 0) is 43.3 Å². The summed E-state index contributed by atoms with van der Waals surface area (Å²) in [5.41, 5.74) is 2.98. The fourth-order valence-corrected chi connectivity index (χ4v) is 4.10. The molecule has 0 saturated carbocycles. The van der Waals surface area contributed by atoms with E-state index in [9.17, 15) is 9.59 Å². The van der Waals surface area contributed by atoms with Crippen molar-refractivity contribution in [2.24, 2.45) is 0 Å². The number of aryl methyl sites for hydroxylation is 1. The van der Waals surface area contributed by atoms with Gasteiger partial charge in [-0.3, -0.25) is 9.36 Å². The van der Waals surface area contributed by atoms with Gasteiger partial charge in [0, 0.05) is 16.5 Å². The minimum absolute atomic E-state index is 0.128. The van der Waals surface area contributed by atoms with E-state index in [2.05, 4.69) is 10.1 Å². The molecule has 3 heterocycles. The van der Waals surface area contributed by atoms with Gasteiger partial charge in [0.25, 0.3) is 0 Å². The summed E-state index contributed by atoms with van der Waals surface area (Å²) >= 11 is 0. The highest BCUT2D eigenvalue weighted by Gasteiger charge is 2.20. The number of nitrogens with zero attached hydrogens (tertiary/aromatic N) is 4. The molecule has 0 amide bonds. The Bertz CT molecular complexity index is 1630. The minimum Gasteiger partial charge on any atom is -0.454 e. The lowest BCUT2D eigenvalue weighted by molar-refractivity contribution is 0.0971. The number of aromatic nitrogens is 4. The molecule has 0 fully saturated rings. The molecular weight excluding hydrogens is 420 g/mol. The number of fused-ring (bicyclic) bond motifs is 4. The van der Waals surface area contributed by atoms with Crippen LogP contribution in [0, 0.1) is 6.92 Å². The molecule has 0 spiro atoms. The molecule has 1 aliphatic rings. The molecule has 162 valence electrons. The fraction of sp³-hybridized carbons (Fsp3) is 0.120. The highest BCUT2D eigenvalue weighted by atomic mass is 16.7. The second-order valence-electron chi connectivity index (χ2n) is 7.92. The average molecular weight is 438 g/mol. The predicted octanol–water partition coefficient (Wildman–Crippen LogP) is 3.63. The summed E-state index contributed by atoms with van der Waals surface area (Å²) in [7, 11) is 0. The summed E-state index contributed by atoms with van der Waals surface area (Å²) in [6.45, 7) is 1.97. The highest BCUT2D eigenvalue weighted by Crippen LogP contribution is 2.32. The fourth-order valence-electron chi connectivity index (χ4n) is 4.10. The maximum absolute atomic E-state index is 13.4. The first-order chi connectivity index (χ1) is 16.1. The van der Waals surface area contributed by atoms with Crippen molar-refractivity contribution in [1.29, 1.82) is 0 Å². The number of carbonyl (C=O) groups excluding carboxylic acids is 1. The van der Waals surface area contributed by atoms with Crippen LogP contribution in [0.1, 0.15) is 15.9 Å². The van der Waals surface area contributed by atoms with Crippen molar-refractivity contribution in [3.05, 3.63) is 88.3 Å². The molecule has 0 radical (unpaired) electrons.